The fourth-order valence-corrected chi connectivity index (χ4v) is 1.19. The molecule has 0 aliphatic rings. The third-order valence-corrected chi connectivity index (χ3v) is 1.96. The molecular formula is C11H14FO2. The fraction of sp³-hybridized carbons (Fsp3) is 0.364. The Morgan fingerprint density at radius 2 is 2.21 bits per heavy atom. The molecule has 14 heavy (non-hydrogen) atoms. The van der Waals surface area contributed by atoms with E-state index in [1.165, 1.54) is 0 Å². The van der Waals surface area contributed by atoms with Crippen LogP contribution < -0.4 is 4.74 Å². The van der Waals surface area contributed by atoms with E-state index < -0.39 is 5.82 Å². The third kappa shape index (κ3) is 2.23. The van der Waals surface area contributed by atoms with Gasteiger partial charge >= 0.3 is 0 Å². The Labute approximate surface area is 83.3 Å². The highest BCUT2D eigenvalue weighted by atomic mass is 19.1. The van der Waals surface area contributed by atoms with Gasteiger partial charge in [-0.15, -0.1) is 0 Å². The summed E-state index contributed by atoms with van der Waals surface area (Å²) < 4.78 is 18.7. The summed E-state index contributed by atoms with van der Waals surface area (Å²) in [6.45, 7) is 3.77. The SMILES string of the molecule is CCOc1cccc([C](C)CO)c1F. The molecule has 0 aliphatic heterocycles. The molecule has 0 atom stereocenters. The van der Waals surface area contributed by atoms with Crippen molar-refractivity contribution in [2.24, 2.45) is 0 Å². The Balaban J connectivity index is 3.00. The predicted molar refractivity (Wildman–Crippen MR) is 52.7 cm³/mol. The van der Waals surface area contributed by atoms with Crippen molar-refractivity contribution in [1.82, 2.24) is 0 Å². The number of aliphatic hydroxyl groups excluding tert-OH is 1. The second-order valence-corrected chi connectivity index (χ2v) is 2.99. The van der Waals surface area contributed by atoms with Crippen molar-refractivity contribution in [3.8, 4) is 5.75 Å². The maximum atomic E-state index is 13.6. The van der Waals surface area contributed by atoms with Crippen LogP contribution in [0.5, 0.6) is 5.75 Å². The molecule has 0 aliphatic carbocycles. The Morgan fingerprint density at radius 1 is 1.50 bits per heavy atom. The summed E-state index contributed by atoms with van der Waals surface area (Å²) in [7, 11) is 0. The first-order valence-corrected chi connectivity index (χ1v) is 4.55. The summed E-state index contributed by atoms with van der Waals surface area (Å²) in [5.74, 6) is 0.433. The summed E-state index contributed by atoms with van der Waals surface area (Å²) in [5, 5.41) is 8.89. The molecule has 0 unspecified atom stereocenters. The lowest BCUT2D eigenvalue weighted by molar-refractivity contribution is 0.307. The lowest BCUT2D eigenvalue weighted by atomic mass is 10.0. The van der Waals surface area contributed by atoms with Crippen molar-refractivity contribution < 1.29 is 14.2 Å². The molecule has 1 radical (unpaired) electrons. The summed E-state index contributed by atoms with van der Waals surface area (Å²) in [5.41, 5.74) is 0.415. The largest absolute Gasteiger partial charge is 0.491 e. The smallest absolute Gasteiger partial charge is 0.168 e. The molecule has 0 fully saturated rings. The monoisotopic (exact) mass is 197 g/mol. The highest BCUT2D eigenvalue weighted by Crippen LogP contribution is 2.25. The average Bonchev–Trinajstić information content (AvgIpc) is 2.20. The van der Waals surface area contributed by atoms with Crippen LogP contribution in [0.1, 0.15) is 19.4 Å². The van der Waals surface area contributed by atoms with Gasteiger partial charge in [0.05, 0.1) is 13.2 Å². The van der Waals surface area contributed by atoms with Crippen LogP contribution in [0.3, 0.4) is 0 Å². The zero-order valence-corrected chi connectivity index (χ0v) is 8.38. The molecule has 0 bridgehead atoms. The van der Waals surface area contributed by atoms with Gasteiger partial charge in [-0.2, -0.15) is 0 Å². The Morgan fingerprint density at radius 3 is 2.79 bits per heavy atom. The van der Waals surface area contributed by atoms with E-state index in [2.05, 4.69) is 0 Å². The van der Waals surface area contributed by atoms with Gasteiger partial charge in [0.1, 0.15) is 0 Å². The molecule has 1 aromatic carbocycles. The molecular weight excluding hydrogens is 183 g/mol. The highest BCUT2D eigenvalue weighted by molar-refractivity contribution is 5.38. The lowest BCUT2D eigenvalue weighted by Gasteiger charge is -2.11. The van der Waals surface area contributed by atoms with Gasteiger partial charge in [-0.1, -0.05) is 19.1 Å². The van der Waals surface area contributed by atoms with Crippen LogP contribution in [0.4, 0.5) is 4.39 Å². The third-order valence-electron chi connectivity index (χ3n) is 1.96. The zero-order valence-electron chi connectivity index (χ0n) is 8.38. The molecule has 1 rings (SSSR count). The molecule has 0 aromatic heterocycles. The summed E-state index contributed by atoms with van der Waals surface area (Å²) in [6, 6.07) is 4.92. The van der Waals surface area contributed by atoms with Gasteiger partial charge < -0.3 is 9.84 Å². The molecule has 0 heterocycles. The van der Waals surface area contributed by atoms with Crippen molar-refractivity contribution in [3.63, 3.8) is 0 Å². The van der Waals surface area contributed by atoms with E-state index in [4.69, 9.17) is 9.84 Å². The number of aliphatic hydroxyl groups is 1. The number of halogens is 1. The van der Waals surface area contributed by atoms with E-state index in [0.29, 0.717) is 18.1 Å². The molecule has 77 valence electrons. The van der Waals surface area contributed by atoms with Crippen molar-refractivity contribution in [2.75, 3.05) is 13.2 Å². The highest BCUT2D eigenvalue weighted by Gasteiger charge is 2.14. The van der Waals surface area contributed by atoms with Crippen LogP contribution in [0.15, 0.2) is 18.2 Å². The average molecular weight is 197 g/mol. The molecule has 3 heteroatoms. The van der Waals surface area contributed by atoms with Crippen LogP contribution in [0.25, 0.3) is 0 Å². The van der Waals surface area contributed by atoms with E-state index >= 15 is 0 Å². The van der Waals surface area contributed by atoms with Crippen LogP contribution in [0.2, 0.25) is 0 Å². The van der Waals surface area contributed by atoms with Gasteiger partial charge in [-0.05, 0) is 13.0 Å². The summed E-state index contributed by atoms with van der Waals surface area (Å²) in [6.07, 6.45) is 0. The minimum Gasteiger partial charge on any atom is -0.491 e. The molecule has 0 spiro atoms. The molecule has 0 saturated heterocycles. The minimum absolute atomic E-state index is 0.146. The number of hydrogen-bond acceptors (Lipinski definition) is 2. The number of ether oxygens (including phenoxy) is 1. The fourth-order valence-electron chi connectivity index (χ4n) is 1.19. The predicted octanol–water partition coefficient (Wildman–Crippen LogP) is 2.16. The van der Waals surface area contributed by atoms with E-state index in [1.807, 2.05) is 0 Å². The van der Waals surface area contributed by atoms with Gasteiger partial charge in [0.15, 0.2) is 11.6 Å². The van der Waals surface area contributed by atoms with Crippen LogP contribution in [0, 0.1) is 11.7 Å². The standard InChI is InChI=1S/C11H14FO2/c1-3-14-10-6-4-5-9(11(10)12)8(2)7-13/h4-6,13H,3,7H2,1-2H3. The van der Waals surface area contributed by atoms with Crippen LogP contribution in [-0.4, -0.2) is 18.3 Å². The molecule has 1 N–H and O–H groups in total. The van der Waals surface area contributed by atoms with Gasteiger partial charge in [-0.3, -0.25) is 0 Å². The quantitative estimate of drug-likeness (QED) is 0.801. The maximum absolute atomic E-state index is 13.6. The first-order chi connectivity index (χ1) is 6.70. The molecule has 0 amide bonds. The van der Waals surface area contributed by atoms with Crippen molar-refractivity contribution in [3.05, 3.63) is 35.5 Å². The van der Waals surface area contributed by atoms with Crippen molar-refractivity contribution in [2.45, 2.75) is 13.8 Å². The van der Waals surface area contributed by atoms with Crippen LogP contribution >= 0.6 is 0 Å². The Kier molecular flexibility index (Phi) is 3.89. The van der Waals surface area contributed by atoms with E-state index in [-0.39, 0.29) is 12.4 Å². The topological polar surface area (TPSA) is 29.5 Å². The van der Waals surface area contributed by atoms with E-state index in [0.717, 1.165) is 0 Å². The summed E-state index contributed by atoms with van der Waals surface area (Å²) >= 11 is 0. The van der Waals surface area contributed by atoms with Gasteiger partial charge in [-0.25, -0.2) is 4.39 Å². The summed E-state index contributed by atoms with van der Waals surface area (Å²) in [4.78, 5) is 0. The number of benzene rings is 1. The Bertz CT molecular complexity index is 299. The molecule has 1 aromatic rings. The normalized spacial score (nSPS) is 10.6. The second kappa shape index (κ2) is 4.96. The van der Waals surface area contributed by atoms with E-state index in [1.54, 1.807) is 32.0 Å². The maximum Gasteiger partial charge on any atom is 0.168 e. The van der Waals surface area contributed by atoms with Gasteiger partial charge in [0.2, 0.25) is 0 Å². The lowest BCUT2D eigenvalue weighted by Crippen LogP contribution is -2.05. The molecule has 2 nitrogen and oxygen atoms in total. The zero-order chi connectivity index (χ0) is 10.6. The first-order valence-electron chi connectivity index (χ1n) is 4.55. The van der Waals surface area contributed by atoms with Crippen molar-refractivity contribution >= 4 is 0 Å². The number of hydrogen-bond donors (Lipinski definition) is 1. The number of rotatable bonds is 4. The second-order valence-electron chi connectivity index (χ2n) is 2.99. The Hall–Kier alpha value is -1.09. The first kappa shape index (κ1) is 11.0. The van der Waals surface area contributed by atoms with Crippen LogP contribution in [-0.2, 0) is 0 Å². The van der Waals surface area contributed by atoms with Gasteiger partial charge in [0.25, 0.3) is 0 Å². The molecule has 0 saturated carbocycles. The van der Waals surface area contributed by atoms with Crippen molar-refractivity contribution in [1.29, 1.82) is 0 Å². The van der Waals surface area contributed by atoms with E-state index in [9.17, 15) is 4.39 Å². The minimum atomic E-state index is -0.402. The van der Waals surface area contributed by atoms with Gasteiger partial charge in [0, 0.05) is 11.5 Å².